The van der Waals surface area contributed by atoms with Crippen molar-refractivity contribution in [1.29, 1.82) is 0 Å². The lowest BCUT2D eigenvalue weighted by Gasteiger charge is -2.65. The quantitative estimate of drug-likeness (QED) is 0.183. The van der Waals surface area contributed by atoms with E-state index in [-0.39, 0.29) is 59.7 Å². The highest BCUT2D eigenvalue weighted by atomic mass is 16.6. The number of carbonyl (C=O) groups is 4. The number of nitrogens with two attached hydrogens (primary N) is 1. The molecule has 7 rings (SSSR count). The van der Waals surface area contributed by atoms with E-state index in [1.54, 1.807) is 32.4 Å². The van der Waals surface area contributed by atoms with Gasteiger partial charge in [0.15, 0.2) is 23.0 Å². The van der Waals surface area contributed by atoms with Gasteiger partial charge in [-0.15, -0.1) is 0 Å². The molecular formula is C41H55N3O11. The number of methoxy groups -OCH3 is 3. The first-order valence-corrected chi connectivity index (χ1v) is 19.0. The van der Waals surface area contributed by atoms with Gasteiger partial charge in [-0.2, -0.15) is 0 Å². The predicted octanol–water partition coefficient (Wildman–Crippen LogP) is 5.06. The number of benzene rings is 2. The van der Waals surface area contributed by atoms with Crippen LogP contribution in [0.25, 0.3) is 0 Å². The first-order chi connectivity index (χ1) is 26.1. The molecule has 14 heteroatoms. The third-order valence-corrected chi connectivity index (χ3v) is 11.8. The summed E-state index contributed by atoms with van der Waals surface area (Å²) >= 11 is 0. The maximum Gasteiger partial charge on any atom is 0.415 e. The molecule has 0 aromatic heterocycles. The van der Waals surface area contributed by atoms with Crippen LogP contribution in [0.15, 0.2) is 36.4 Å². The van der Waals surface area contributed by atoms with Crippen molar-refractivity contribution in [2.24, 2.45) is 34.3 Å². The van der Waals surface area contributed by atoms with Gasteiger partial charge >= 0.3 is 24.1 Å². The van der Waals surface area contributed by atoms with E-state index in [1.807, 2.05) is 18.2 Å². The summed E-state index contributed by atoms with van der Waals surface area (Å²) in [6.45, 7) is 4.50. The van der Waals surface area contributed by atoms with E-state index in [0.717, 1.165) is 30.4 Å². The average Bonchev–Trinajstić information content (AvgIpc) is 3.46. The maximum atomic E-state index is 12.9. The molecule has 5 aliphatic rings. The number of carbonyl (C=O) groups excluding carboxylic acids is 4. The Labute approximate surface area is 322 Å². The second-order valence-corrected chi connectivity index (χ2v) is 16.8. The average molecular weight is 766 g/mol. The monoisotopic (exact) mass is 765 g/mol. The van der Waals surface area contributed by atoms with E-state index >= 15 is 0 Å². The molecule has 14 nitrogen and oxygen atoms in total. The SMILES string of the molecule is COc1ccc(C[C@H]2COC(=O)[C@@H]2Cc2ccc(OC(=O)N(C)CCOC(=O)[C@@H](N)COC(=O)NC34CC5CC(C)(CC(C)(C5)C3)C4)c(OC)c2)cc1OC. The Kier molecular flexibility index (Phi) is 11.7. The van der Waals surface area contributed by atoms with E-state index in [9.17, 15) is 19.2 Å². The number of hydrogen-bond acceptors (Lipinski definition) is 12. The first-order valence-electron chi connectivity index (χ1n) is 19.0. The molecular weight excluding hydrogens is 710 g/mol. The molecule has 2 aromatic carbocycles. The van der Waals surface area contributed by atoms with E-state index in [2.05, 4.69) is 19.2 Å². The molecule has 55 heavy (non-hydrogen) atoms. The molecule has 4 saturated carbocycles. The van der Waals surface area contributed by atoms with Gasteiger partial charge in [0.05, 0.1) is 40.4 Å². The fraction of sp³-hybridized carbons (Fsp3) is 0.610. The fourth-order valence-electron chi connectivity index (χ4n) is 10.3. The summed E-state index contributed by atoms with van der Waals surface area (Å²) in [5.74, 6) is 0.902. The van der Waals surface area contributed by atoms with Crippen LogP contribution >= 0.6 is 0 Å². The van der Waals surface area contributed by atoms with E-state index in [4.69, 9.17) is 38.9 Å². The Morgan fingerprint density at radius 3 is 2.13 bits per heavy atom. The topological polar surface area (TPSA) is 174 Å². The molecule has 2 unspecified atom stereocenters. The molecule has 1 aliphatic heterocycles. The van der Waals surface area contributed by atoms with Crippen LogP contribution in [0.4, 0.5) is 9.59 Å². The molecule has 5 atom stereocenters. The van der Waals surface area contributed by atoms with Crippen molar-refractivity contribution < 1.29 is 52.3 Å². The lowest BCUT2D eigenvalue weighted by Crippen LogP contribution is -2.65. The van der Waals surface area contributed by atoms with E-state index < -0.39 is 24.2 Å². The van der Waals surface area contributed by atoms with Crippen LogP contribution in [0.2, 0.25) is 0 Å². The third-order valence-electron chi connectivity index (χ3n) is 11.8. The van der Waals surface area contributed by atoms with Crippen LogP contribution in [-0.4, -0.2) is 95.3 Å². The highest BCUT2D eigenvalue weighted by Gasteiger charge is 2.60. The van der Waals surface area contributed by atoms with Crippen LogP contribution in [0, 0.1) is 28.6 Å². The lowest BCUT2D eigenvalue weighted by atomic mass is 9.43. The van der Waals surface area contributed by atoms with Crippen molar-refractivity contribution >= 4 is 24.1 Å². The zero-order valence-electron chi connectivity index (χ0n) is 32.8. The van der Waals surface area contributed by atoms with Crippen LogP contribution in [-0.2, 0) is 36.6 Å². The largest absolute Gasteiger partial charge is 0.493 e. The Morgan fingerprint density at radius 2 is 1.49 bits per heavy atom. The van der Waals surface area contributed by atoms with Gasteiger partial charge in [0.1, 0.15) is 19.3 Å². The van der Waals surface area contributed by atoms with Crippen molar-refractivity contribution in [2.75, 3.05) is 54.7 Å². The normalized spacial score (nSPS) is 28.1. The lowest BCUT2D eigenvalue weighted by molar-refractivity contribution is -0.146. The summed E-state index contributed by atoms with van der Waals surface area (Å²) in [5.41, 5.74) is 7.97. The van der Waals surface area contributed by atoms with Crippen molar-refractivity contribution in [3.8, 4) is 23.0 Å². The summed E-state index contributed by atoms with van der Waals surface area (Å²) in [5, 5.41) is 3.14. The second-order valence-electron chi connectivity index (χ2n) is 16.8. The number of hydrogen-bond donors (Lipinski definition) is 2. The van der Waals surface area contributed by atoms with Crippen LogP contribution in [0.3, 0.4) is 0 Å². The number of alkyl carbamates (subject to hydrolysis) is 1. The molecule has 5 fully saturated rings. The van der Waals surface area contributed by atoms with Crippen LogP contribution in [0.1, 0.15) is 63.5 Å². The molecule has 300 valence electrons. The highest BCUT2D eigenvalue weighted by Crippen LogP contribution is 2.66. The molecule has 1 heterocycles. The number of amides is 2. The Balaban J connectivity index is 0.935. The van der Waals surface area contributed by atoms with Crippen LogP contribution in [0.5, 0.6) is 23.0 Å². The maximum absolute atomic E-state index is 12.9. The second kappa shape index (κ2) is 16.2. The van der Waals surface area contributed by atoms with Gasteiger partial charge in [0, 0.05) is 18.5 Å². The number of nitrogens with one attached hydrogen (secondary N) is 1. The van der Waals surface area contributed by atoms with Crippen LogP contribution < -0.4 is 30.0 Å². The van der Waals surface area contributed by atoms with Crippen molar-refractivity contribution in [1.82, 2.24) is 10.2 Å². The number of nitrogens with zero attached hydrogens (tertiary/aromatic N) is 1. The standard InChI is InChI=1S/C41H55N3O11/c1-39-17-27-18-40(2,22-39)24-41(19-27,23-39)43-37(47)54-21-30(42)36(46)52-12-11-44(3)38(48)55-32-10-8-26(16-34(32)51-6)14-29-28(20-53-35(29)45)13-25-7-9-31(49-4)33(15-25)50-5/h7-10,15-16,27-30H,11-14,17-24,42H2,1-6H3,(H,43,47)/t27?,28-,29+,30-,39?,40?,41?/m0/s1. The zero-order chi connectivity index (χ0) is 39.5. The van der Waals surface area contributed by atoms with Gasteiger partial charge in [-0.3, -0.25) is 9.59 Å². The number of esters is 2. The number of cyclic esters (lactones) is 1. The smallest absolute Gasteiger partial charge is 0.415 e. The summed E-state index contributed by atoms with van der Waals surface area (Å²) < 4.78 is 38.0. The Hall–Kier alpha value is -4.72. The van der Waals surface area contributed by atoms with Crippen molar-refractivity contribution in [2.45, 2.75) is 76.8 Å². The minimum Gasteiger partial charge on any atom is -0.493 e. The molecule has 3 N–H and O–H groups in total. The zero-order valence-corrected chi connectivity index (χ0v) is 32.8. The van der Waals surface area contributed by atoms with Gasteiger partial charge in [-0.05, 0) is 104 Å². The van der Waals surface area contributed by atoms with Gasteiger partial charge in [-0.1, -0.05) is 26.0 Å². The molecule has 2 aromatic rings. The minimum atomic E-state index is -1.18. The Bertz CT molecular complexity index is 1750. The van der Waals surface area contributed by atoms with E-state index in [0.29, 0.717) is 42.6 Å². The third kappa shape index (κ3) is 9.22. The van der Waals surface area contributed by atoms with E-state index in [1.165, 1.54) is 38.3 Å². The van der Waals surface area contributed by atoms with Crippen molar-refractivity contribution in [3.63, 3.8) is 0 Å². The summed E-state index contributed by atoms with van der Waals surface area (Å²) in [6, 6.07) is 9.64. The predicted molar refractivity (Wildman–Crippen MR) is 200 cm³/mol. The van der Waals surface area contributed by atoms with Gasteiger partial charge in [0.2, 0.25) is 0 Å². The molecule has 4 aliphatic carbocycles. The first kappa shape index (κ1) is 40.0. The molecule has 1 saturated heterocycles. The molecule has 2 amide bonds. The molecule has 0 radical (unpaired) electrons. The summed E-state index contributed by atoms with van der Waals surface area (Å²) in [7, 11) is 6.12. The summed E-state index contributed by atoms with van der Waals surface area (Å²) in [4.78, 5) is 52.3. The fourth-order valence-corrected chi connectivity index (χ4v) is 10.3. The Morgan fingerprint density at radius 1 is 0.873 bits per heavy atom. The number of likely N-dealkylation sites (N-methyl/N-ethyl adjacent to an activating group) is 1. The van der Waals surface area contributed by atoms with Gasteiger partial charge < -0.3 is 49.1 Å². The number of rotatable bonds is 15. The van der Waals surface area contributed by atoms with Gasteiger partial charge in [-0.25, -0.2) is 9.59 Å². The number of ether oxygens (including phenoxy) is 7. The van der Waals surface area contributed by atoms with Crippen molar-refractivity contribution in [3.05, 3.63) is 47.5 Å². The van der Waals surface area contributed by atoms with Gasteiger partial charge in [0.25, 0.3) is 0 Å². The minimum absolute atomic E-state index is 0.0194. The molecule has 4 bridgehead atoms. The summed E-state index contributed by atoms with van der Waals surface area (Å²) in [6.07, 6.45) is 6.18. The highest BCUT2D eigenvalue weighted by molar-refractivity contribution is 5.77. The molecule has 0 spiro atoms.